The van der Waals surface area contributed by atoms with Gasteiger partial charge in [0.05, 0.1) is 11.9 Å². The van der Waals surface area contributed by atoms with Crippen molar-refractivity contribution in [2.24, 2.45) is 10.8 Å². The van der Waals surface area contributed by atoms with Crippen LogP contribution >= 0.6 is 0 Å². The van der Waals surface area contributed by atoms with Crippen LogP contribution in [0.15, 0.2) is 65.8 Å². The van der Waals surface area contributed by atoms with Gasteiger partial charge in [0.1, 0.15) is 17.9 Å². The molecule has 3 aromatic rings. The average molecular weight is 320 g/mol. The molecule has 24 heavy (non-hydrogen) atoms. The van der Waals surface area contributed by atoms with Gasteiger partial charge in [-0.15, -0.1) is 0 Å². The van der Waals surface area contributed by atoms with Crippen molar-refractivity contribution in [2.75, 3.05) is 0 Å². The van der Waals surface area contributed by atoms with Crippen LogP contribution in [0.3, 0.4) is 0 Å². The number of urea groups is 1. The Labute approximate surface area is 139 Å². The topological polar surface area (TPSA) is 89.6 Å². The van der Waals surface area contributed by atoms with Crippen LogP contribution in [-0.2, 0) is 6.61 Å². The maximum absolute atomic E-state index is 10.6. The van der Waals surface area contributed by atoms with Gasteiger partial charge in [0.15, 0.2) is 0 Å². The van der Waals surface area contributed by atoms with Crippen LogP contribution < -0.4 is 15.9 Å². The molecule has 0 fully saturated rings. The summed E-state index contributed by atoms with van der Waals surface area (Å²) in [6.07, 6.45) is 1.43. The number of carbonyl (C=O) groups is 1. The van der Waals surface area contributed by atoms with E-state index < -0.39 is 6.03 Å². The molecule has 0 spiro atoms. The predicted molar refractivity (Wildman–Crippen MR) is 92.8 cm³/mol. The van der Waals surface area contributed by atoms with Crippen molar-refractivity contribution in [3.8, 4) is 5.75 Å². The predicted octanol–water partition coefficient (Wildman–Crippen LogP) is 2.82. The first kappa shape index (κ1) is 15.5. The molecule has 0 saturated carbocycles. The number of rotatable bonds is 5. The largest absolute Gasteiger partial charge is 0.487 e. The summed E-state index contributed by atoms with van der Waals surface area (Å²) in [5.41, 5.74) is 9.51. The molecule has 1 aromatic heterocycles. The number of para-hydroxylation sites is 1. The highest BCUT2D eigenvalue weighted by molar-refractivity contribution is 5.89. The van der Waals surface area contributed by atoms with E-state index >= 15 is 0 Å². The summed E-state index contributed by atoms with van der Waals surface area (Å²) in [4.78, 5) is 15.2. The molecule has 0 saturated heterocycles. The third-order valence-corrected chi connectivity index (χ3v) is 3.31. The number of nitrogens with zero attached hydrogens (tertiary/aromatic N) is 2. The van der Waals surface area contributed by atoms with Crippen LogP contribution in [0.1, 0.15) is 11.3 Å². The Morgan fingerprint density at radius 3 is 2.75 bits per heavy atom. The summed E-state index contributed by atoms with van der Waals surface area (Å²) in [5.74, 6) is 0.689. The van der Waals surface area contributed by atoms with E-state index in [1.165, 1.54) is 6.21 Å². The fourth-order valence-electron chi connectivity index (χ4n) is 2.22. The lowest BCUT2D eigenvalue weighted by Gasteiger charge is -2.09. The van der Waals surface area contributed by atoms with E-state index in [0.717, 1.165) is 16.5 Å². The van der Waals surface area contributed by atoms with Crippen LogP contribution in [0.2, 0.25) is 0 Å². The summed E-state index contributed by atoms with van der Waals surface area (Å²) in [7, 11) is 0. The van der Waals surface area contributed by atoms with E-state index in [2.05, 4.69) is 15.5 Å². The third kappa shape index (κ3) is 3.86. The van der Waals surface area contributed by atoms with Crippen molar-refractivity contribution in [2.45, 2.75) is 6.61 Å². The average Bonchev–Trinajstić information content (AvgIpc) is 2.60. The minimum Gasteiger partial charge on any atom is -0.487 e. The van der Waals surface area contributed by atoms with E-state index in [1.807, 2.05) is 54.6 Å². The lowest BCUT2D eigenvalue weighted by Crippen LogP contribution is -2.24. The van der Waals surface area contributed by atoms with E-state index in [-0.39, 0.29) is 0 Å². The number of nitrogens with one attached hydrogen (secondary N) is 1. The van der Waals surface area contributed by atoms with E-state index in [9.17, 15) is 4.79 Å². The Bertz CT molecular complexity index is 879. The fourth-order valence-corrected chi connectivity index (χ4v) is 2.22. The number of nitrogens with two attached hydrogens (primary N) is 1. The van der Waals surface area contributed by atoms with Crippen LogP contribution in [0, 0.1) is 0 Å². The SMILES string of the molecule is NC(=O)NN=Cc1ccc2cccc(OCc3ccccc3)c2n1. The summed E-state index contributed by atoms with van der Waals surface area (Å²) in [6.45, 7) is 0.461. The van der Waals surface area contributed by atoms with Gasteiger partial charge in [-0.05, 0) is 17.7 Å². The van der Waals surface area contributed by atoms with Crippen molar-refractivity contribution in [3.63, 3.8) is 0 Å². The van der Waals surface area contributed by atoms with Crippen LogP contribution in [-0.4, -0.2) is 17.2 Å². The molecule has 2 aromatic carbocycles. The van der Waals surface area contributed by atoms with E-state index in [4.69, 9.17) is 10.5 Å². The molecule has 0 radical (unpaired) electrons. The number of hydrogen-bond donors (Lipinski definition) is 2. The molecule has 6 heteroatoms. The highest BCUT2D eigenvalue weighted by Gasteiger charge is 2.05. The Hall–Kier alpha value is -3.41. The van der Waals surface area contributed by atoms with Crippen LogP contribution in [0.4, 0.5) is 4.79 Å². The van der Waals surface area contributed by atoms with Gasteiger partial charge < -0.3 is 10.5 Å². The highest BCUT2D eigenvalue weighted by atomic mass is 16.5. The van der Waals surface area contributed by atoms with Gasteiger partial charge in [-0.3, -0.25) is 0 Å². The summed E-state index contributed by atoms with van der Waals surface area (Å²) >= 11 is 0. The number of amides is 2. The Morgan fingerprint density at radius 2 is 1.96 bits per heavy atom. The number of carbonyl (C=O) groups excluding carboxylic acids is 1. The number of benzene rings is 2. The van der Waals surface area contributed by atoms with Crippen molar-refractivity contribution in [3.05, 3.63) is 71.9 Å². The standard InChI is InChI=1S/C18H16N4O2/c19-18(23)22-20-11-15-10-9-14-7-4-8-16(17(14)21-15)24-12-13-5-2-1-3-6-13/h1-11H,12H2,(H3,19,22,23). The molecule has 0 atom stereocenters. The number of aromatic nitrogens is 1. The van der Waals surface area contributed by atoms with Gasteiger partial charge in [-0.1, -0.05) is 48.5 Å². The van der Waals surface area contributed by atoms with Crippen molar-refractivity contribution in [1.82, 2.24) is 10.4 Å². The van der Waals surface area contributed by atoms with Crippen molar-refractivity contribution in [1.29, 1.82) is 0 Å². The molecule has 120 valence electrons. The number of ether oxygens (including phenoxy) is 1. The third-order valence-electron chi connectivity index (χ3n) is 3.31. The molecule has 0 aliphatic heterocycles. The minimum atomic E-state index is -0.723. The molecule has 6 nitrogen and oxygen atoms in total. The first-order valence-electron chi connectivity index (χ1n) is 7.37. The molecule has 0 bridgehead atoms. The first-order chi connectivity index (χ1) is 11.7. The first-order valence-corrected chi connectivity index (χ1v) is 7.37. The number of pyridine rings is 1. The second kappa shape index (κ2) is 7.23. The molecule has 0 unspecified atom stereocenters. The molecule has 3 rings (SSSR count). The van der Waals surface area contributed by atoms with Crippen molar-refractivity contribution < 1.29 is 9.53 Å². The molecule has 3 N–H and O–H groups in total. The van der Waals surface area contributed by atoms with Gasteiger partial charge in [0.2, 0.25) is 0 Å². The minimum absolute atomic E-state index is 0.461. The second-order valence-corrected chi connectivity index (χ2v) is 5.07. The van der Waals surface area contributed by atoms with Crippen molar-refractivity contribution >= 4 is 23.1 Å². The quantitative estimate of drug-likeness (QED) is 0.559. The zero-order chi connectivity index (χ0) is 16.8. The molecular formula is C18H16N4O2. The number of hydrogen-bond acceptors (Lipinski definition) is 4. The molecule has 2 amide bonds. The zero-order valence-electron chi connectivity index (χ0n) is 12.8. The van der Waals surface area contributed by atoms with Crippen LogP contribution in [0.25, 0.3) is 10.9 Å². The number of hydrazone groups is 1. The molecule has 0 aliphatic carbocycles. The van der Waals surface area contributed by atoms with Gasteiger partial charge in [-0.2, -0.15) is 5.10 Å². The van der Waals surface area contributed by atoms with Gasteiger partial charge in [0, 0.05) is 5.39 Å². The Balaban J connectivity index is 1.84. The Morgan fingerprint density at radius 1 is 1.12 bits per heavy atom. The molecular weight excluding hydrogens is 304 g/mol. The maximum Gasteiger partial charge on any atom is 0.332 e. The van der Waals surface area contributed by atoms with E-state index in [1.54, 1.807) is 6.07 Å². The monoisotopic (exact) mass is 320 g/mol. The summed E-state index contributed by atoms with van der Waals surface area (Å²) in [5, 5.41) is 4.68. The van der Waals surface area contributed by atoms with Gasteiger partial charge in [0.25, 0.3) is 0 Å². The summed E-state index contributed by atoms with van der Waals surface area (Å²) < 4.78 is 5.91. The Kier molecular flexibility index (Phi) is 4.67. The highest BCUT2D eigenvalue weighted by Crippen LogP contribution is 2.24. The normalized spacial score (nSPS) is 10.8. The van der Waals surface area contributed by atoms with Crippen LogP contribution in [0.5, 0.6) is 5.75 Å². The molecule has 1 heterocycles. The fraction of sp³-hybridized carbons (Fsp3) is 0.0556. The smallest absolute Gasteiger partial charge is 0.332 e. The number of primary amides is 1. The molecule has 0 aliphatic rings. The summed E-state index contributed by atoms with van der Waals surface area (Å²) in [6, 6.07) is 18.7. The maximum atomic E-state index is 10.6. The second-order valence-electron chi connectivity index (χ2n) is 5.07. The van der Waals surface area contributed by atoms with Gasteiger partial charge >= 0.3 is 6.03 Å². The zero-order valence-corrected chi connectivity index (χ0v) is 12.8. The lowest BCUT2D eigenvalue weighted by molar-refractivity contribution is 0.249. The van der Waals surface area contributed by atoms with E-state index in [0.29, 0.717) is 18.1 Å². The van der Waals surface area contributed by atoms with Gasteiger partial charge in [-0.25, -0.2) is 15.2 Å². The lowest BCUT2D eigenvalue weighted by atomic mass is 10.2. The number of fused-ring (bicyclic) bond motifs is 1.